The number of hydrogen-bond donors (Lipinski definition) is 2. The molecule has 0 unspecified atom stereocenters. The summed E-state index contributed by atoms with van der Waals surface area (Å²) < 4.78 is 0. The number of hydrogen-bond acceptors (Lipinski definition) is 2. The molecule has 0 saturated carbocycles. The van der Waals surface area contributed by atoms with E-state index in [9.17, 15) is 9.59 Å². The second-order valence-electron chi connectivity index (χ2n) is 4.20. The third-order valence-electron chi connectivity index (χ3n) is 2.53. The molecular weight excluding hydrogens is 280 g/mol. The second-order valence-corrected chi connectivity index (χ2v) is 4.64. The lowest BCUT2D eigenvalue weighted by Crippen LogP contribution is -2.35. The number of nitrogens with one attached hydrogen (secondary N) is 1. The molecule has 6 heteroatoms. The van der Waals surface area contributed by atoms with Crippen molar-refractivity contribution in [2.24, 2.45) is 0 Å². The second kappa shape index (κ2) is 7.55. The van der Waals surface area contributed by atoms with Crippen molar-refractivity contribution in [1.29, 1.82) is 0 Å². The van der Waals surface area contributed by atoms with E-state index in [1.165, 1.54) is 18.2 Å². The number of carbonyl (C=O) groups is 2. The number of aromatic carboxylic acids is 1. The number of carboxylic acids is 1. The van der Waals surface area contributed by atoms with E-state index < -0.39 is 5.97 Å². The van der Waals surface area contributed by atoms with Crippen molar-refractivity contribution in [3.05, 3.63) is 41.4 Å². The summed E-state index contributed by atoms with van der Waals surface area (Å²) in [5.41, 5.74) is 0.378. The van der Waals surface area contributed by atoms with E-state index >= 15 is 0 Å². The fourth-order valence-electron chi connectivity index (χ4n) is 1.69. The first kappa shape index (κ1) is 16.0. The summed E-state index contributed by atoms with van der Waals surface area (Å²) in [6.45, 7) is 6.58. The zero-order valence-corrected chi connectivity index (χ0v) is 12.0. The highest BCUT2D eigenvalue weighted by atomic mass is 35.5. The number of carboxylic acid groups (broad SMARTS) is 1. The van der Waals surface area contributed by atoms with Crippen LogP contribution in [0.2, 0.25) is 5.02 Å². The molecule has 0 spiro atoms. The van der Waals surface area contributed by atoms with E-state index in [2.05, 4.69) is 11.9 Å². The molecule has 20 heavy (non-hydrogen) atoms. The van der Waals surface area contributed by atoms with Crippen LogP contribution in [0.15, 0.2) is 30.9 Å². The smallest absolute Gasteiger partial charge is 0.335 e. The van der Waals surface area contributed by atoms with E-state index in [1.54, 1.807) is 11.0 Å². The standard InChI is InChI=1S/C14H17ClN2O3/c1-3-5-17(6-4-2)14(20)16-12-8-10(13(18)19)7-11(15)9-12/h3,7-9H,1,4-6H2,2H3,(H,16,20)(H,18,19). The Morgan fingerprint density at radius 2 is 2.15 bits per heavy atom. The van der Waals surface area contributed by atoms with Gasteiger partial charge in [-0.3, -0.25) is 0 Å². The molecule has 0 heterocycles. The molecule has 0 saturated heterocycles. The minimum absolute atomic E-state index is 0.0264. The lowest BCUT2D eigenvalue weighted by molar-refractivity contribution is 0.0697. The summed E-state index contributed by atoms with van der Waals surface area (Å²) in [5.74, 6) is -1.10. The summed E-state index contributed by atoms with van der Waals surface area (Å²) in [5, 5.41) is 11.8. The van der Waals surface area contributed by atoms with Crippen LogP contribution in [0.1, 0.15) is 23.7 Å². The van der Waals surface area contributed by atoms with Crippen LogP contribution in [0.3, 0.4) is 0 Å². The molecule has 0 aliphatic carbocycles. The van der Waals surface area contributed by atoms with Crippen LogP contribution in [-0.2, 0) is 0 Å². The van der Waals surface area contributed by atoms with Gasteiger partial charge in [-0.05, 0) is 24.6 Å². The van der Waals surface area contributed by atoms with Crippen LogP contribution in [-0.4, -0.2) is 35.1 Å². The fourth-order valence-corrected chi connectivity index (χ4v) is 1.92. The number of anilines is 1. The fraction of sp³-hybridized carbons (Fsp3) is 0.286. The largest absolute Gasteiger partial charge is 0.478 e. The maximum absolute atomic E-state index is 12.1. The summed E-state index contributed by atoms with van der Waals surface area (Å²) in [7, 11) is 0. The van der Waals surface area contributed by atoms with Crippen LogP contribution in [0.4, 0.5) is 10.5 Å². The van der Waals surface area contributed by atoms with Gasteiger partial charge in [0.2, 0.25) is 0 Å². The average molecular weight is 297 g/mol. The van der Waals surface area contributed by atoms with Crippen LogP contribution in [0, 0.1) is 0 Å². The number of nitrogens with zero attached hydrogens (tertiary/aromatic N) is 1. The molecule has 1 aromatic rings. The van der Waals surface area contributed by atoms with Crippen LogP contribution in [0.25, 0.3) is 0 Å². The third-order valence-corrected chi connectivity index (χ3v) is 2.74. The summed E-state index contributed by atoms with van der Waals surface area (Å²) in [4.78, 5) is 24.6. The van der Waals surface area contributed by atoms with Gasteiger partial charge in [-0.15, -0.1) is 6.58 Å². The van der Waals surface area contributed by atoms with Gasteiger partial charge < -0.3 is 15.3 Å². The normalized spacial score (nSPS) is 9.90. The zero-order valence-electron chi connectivity index (χ0n) is 11.2. The first-order valence-corrected chi connectivity index (χ1v) is 6.56. The molecule has 2 amide bonds. The Morgan fingerprint density at radius 3 is 2.70 bits per heavy atom. The first-order valence-electron chi connectivity index (χ1n) is 6.18. The lowest BCUT2D eigenvalue weighted by Gasteiger charge is -2.21. The maximum Gasteiger partial charge on any atom is 0.335 e. The highest BCUT2D eigenvalue weighted by Crippen LogP contribution is 2.19. The number of amides is 2. The number of carbonyl (C=O) groups excluding carboxylic acids is 1. The molecule has 0 aliphatic rings. The van der Waals surface area contributed by atoms with Crippen molar-refractivity contribution in [2.75, 3.05) is 18.4 Å². The molecule has 108 valence electrons. The minimum Gasteiger partial charge on any atom is -0.478 e. The summed E-state index contributed by atoms with van der Waals surface area (Å²) >= 11 is 5.84. The molecule has 2 N–H and O–H groups in total. The van der Waals surface area contributed by atoms with Gasteiger partial charge in [0.05, 0.1) is 5.56 Å². The van der Waals surface area contributed by atoms with Crippen molar-refractivity contribution in [2.45, 2.75) is 13.3 Å². The topological polar surface area (TPSA) is 69.6 Å². The van der Waals surface area contributed by atoms with Crippen molar-refractivity contribution in [3.63, 3.8) is 0 Å². The van der Waals surface area contributed by atoms with Crippen molar-refractivity contribution < 1.29 is 14.7 Å². The molecule has 0 atom stereocenters. The van der Waals surface area contributed by atoms with E-state index in [0.717, 1.165) is 6.42 Å². The van der Waals surface area contributed by atoms with Crippen molar-refractivity contribution in [1.82, 2.24) is 4.90 Å². The number of benzene rings is 1. The molecule has 0 aromatic heterocycles. The average Bonchev–Trinajstić information content (AvgIpc) is 2.37. The van der Waals surface area contributed by atoms with Gasteiger partial charge in [0, 0.05) is 23.8 Å². The Morgan fingerprint density at radius 1 is 1.45 bits per heavy atom. The Bertz CT molecular complexity index is 517. The molecule has 0 aliphatic heterocycles. The highest BCUT2D eigenvalue weighted by molar-refractivity contribution is 6.31. The van der Waals surface area contributed by atoms with Gasteiger partial charge in [-0.2, -0.15) is 0 Å². The molecule has 0 fully saturated rings. The summed E-state index contributed by atoms with van der Waals surface area (Å²) in [6.07, 6.45) is 2.45. The van der Waals surface area contributed by atoms with Crippen molar-refractivity contribution >= 4 is 29.3 Å². The molecule has 0 radical (unpaired) electrons. The minimum atomic E-state index is -1.10. The van der Waals surface area contributed by atoms with Crippen molar-refractivity contribution in [3.8, 4) is 0 Å². The Balaban J connectivity index is 2.88. The predicted octanol–water partition coefficient (Wildman–Crippen LogP) is 3.47. The molecule has 1 aromatic carbocycles. The molecule has 1 rings (SSSR count). The number of urea groups is 1. The van der Waals surface area contributed by atoms with Crippen LogP contribution in [0.5, 0.6) is 0 Å². The van der Waals surface area contributed by atoms with Crippen LogP contribution < -0.4 is 5.32 Å². The monoisotopic (exact) mass is 296 g/mol. The number of halogens is 1. The Kier molecular flexibility index (Phi) is 6.06. The van der Waals surface area contributed by atoms with Gasteiger partial charge in [-0.1, -0.05) is 24.6 Å². The van der Waals surface area contributed by atoms with Gasteiger partial charge >= 0.3 is 12.0 Å². The van der Waals surface area contributed by atoms with E-state index in [1.807, 2.05) is 6.92 Å². The summed E-state index contributed by atoms with van der Waals surface area (Å²) in [6, 6.07) is 3.88. The predicted molar refractivity (Wildman–Crippen MR) is 79.5 cm³/mol. The Labute approximate surface area is 122 Å². The van der Waals surface area contributed by atoms with Gasteiger partial charge in [0.1, 0.15) is 0 Å². The van der Waals surface area contributed by atoms with E-state index in [-0.39, 0.29) is 16.6 Å². The first-order chi connectivity index (χ1) is 9.47. The van der Waals surface area contributed by atoms with Gasteiger partial charge in [-0.25, -0.2) is 9.59 Å². The third kappa shape index (κ3) is 4.59. The lowest BCUT2D eigenvalue weighted by atomic mass is 10.2. The molecule has 5 nitrogen and oxygen atoms in total. The molecular formula is C14H17ClN2O3. The quantitative estimate of drug-likeness (QED) is 0.790. The van der Waals surface area contributed by atoms with Gasteiger partial charge in [0.15, 0.2) is 0 Å². The molecule has 0 bridgehead atoms. The van der Waals surface area contributed by atoms with E-state index in [4.69, 9.17) is 16.7 Å². The number of rotatable bonds is 6. The maximum atomic E-state index is 12.1. The van der Waals surface area contributed by atoms with E-state index in [0.29, 0.717) is 18.8 Å². The SMILES string of the molecule is C=CCN(CCC)C(=O)Nc1cc(Cl)cc(C(=O)O)c1. The van der Waals surface area contributed by atoms with Gasteiger partial charge in [0.25, 0.3) is 0 Å². The highest BCUT2D eigenvalue weighted by Gasteiger charge is 2.13. The zero-order chi connectivity index (χ0) is 15.1. The van der Waals surface area contributed by atoms with Crippen LogP contribution >= 0.6 is 11.6 Å². The Hall–Kier alpha value is -2.01.